The van der Waals surface area contributed by atoms with Crippen molar-refractivity contribution in [3.05, 3.63) is 0 Å². The van der Waals surface area contributed by atoms with Crippen molar-refractivity contribution in [2.75, 3.05) is 119 Å². The van der Waals surface area contributed by atoms with Gasteiger partial charge < -0.3 is 59.0 Å². The SMILES string of the molecule is CC.CC.CC.CC(=O)C1CC(NC(=O)CCOCCOCCOCCOCCOCCOCCOCCOCCO)CN1C(=O)C(C)N. The van der Waals surface area contributed by atoms with Crippen LogP contribution in [-0.2, 0) is 52.3 Å². The number of rotatable bonds is 29. The average Bonchev–Trinajstić information content (AvgIpc) is 3.54. The monoisotopic (exact) mass is 714 g/mol. The first-order valence-corrected chi connectivity index (χ1v) is 18.0. The van der Waals surface area contributed by atoms with Crippen molar-refractivity contribution in [3.63, 3.8) is 0 Å². The Labute approximate surface area is 296 Å². The van der Waals surface area contributed by atoms with E-state index in [0.717, 1.165) is 0 Å². The van der Waals surface area contributed by atoms with Gasteiger partial charge >= 0.3 is 0 Å². The van der Waals surface area contributed by atoms with Crippen molar-refractivity contribution < 1.29 is 57.4 Å². The number of nitrogens with one attached hydrogen (secondary N) is 1. The Morgan fingerprint density at radius 1 is 0.653 bits per heavy atom. The Bertz CT molecular complexity index is 735. The summed E-state index contributed by atoms with van der Waals surface area (Å²) in [6, 6.07) is -1.54. The number of carbonyl (C=O) groups excluding carboxylic acids is 3. The third kappa shape index (κ3) is 31.9. The first-order chi connectivity index (χ1) is 23.9. The zero-order valence-corrected chi connectivity index (χ0v) is 31.8. The molecule has 1 heterocycles. The highest BCUT2D eigenvalue weighted by atomic mass is 16.6. The molecule has 0 aromatic rings. The van der Waals surface area contributed by atoms with Crippen LogP contribution in [0.1, 0.15) is 68.2 Å². The number of hydrogen-bond donors (Lipinski definition) is 3. The Morgan fingerprint density at radius 3 is 1.29 bits per heavy atom. The first kappa shape index (κ1) is 51.6. The van der Waals surface area contributed by atoms with E-state index in [2.05, 4.69) is 5.32 Å². The lowest BCUT2D eigenvalue weighted by atomic mass is 10.1. The number of ketones is 1. The zero-order chi connectivity index (χ0) is 37.5. The summed E-state index contributed by atoms with van der Waals surface area (Å²) in [7, 11) is 0. The van der Waals surface area contributed by atoms with Crippen LogP contribution in [0.4, 0.5) is 0 Å². The zero-order valence-electron chi connectivity index (χ0n) is 31.8. The molecule has 0 bridgehead atoms. The van der Waals surface area contributed by atoms with Crippen LogP contribution in [0.3, 0.4) is 0 Å². The molecule has 1 fully saturated rings. The maximum absolute atomic E-state index is 12.3. The number of nitrogens with zero attached hydrogens (tertiary/aromatic N) is 1. The fraction of sp³-hybridized carbons (Fsp3) is 0.912. The number of carbonyl (C=O) groups is 3. The second kappa shape index (κ2) is 40.6. The minimum atomic E-state index is -0.700. The molecule has 0 spiro atoms. The smallest absolute Gasteiger partial charge is 0.239 e. The third-order valence-electron chi connectivity index (χ3n) is 6.12. The van der Waals surface area contributed by atoms with Crippen molar-refractivity contribution in [1.29, 1.82) is 0 Å². The highest BCUT2D eigenvalue weighted by molar-refractivity contribution is 5.90. The van der Waals surface area contributed by atoms with Crippen LogP contribution in [0.15, 0.2) is 0 Å². The van der Waals surface area contributed by atoms with Gasteiger partial charge in [0.05, 0.1) is 124 Å². The molecule has 1 saturated heterocycles. The predicted octanol–water partition coefficient (Wildman–Crippen LogP) is 1.60. The summed E-state index contributed by atoms with van der Waals surface area (Å²) in [6.07, 6.45) is 0.556. The van der Waals surface area contributed by atoms with Gasteiger partial charge in [-0.1, -0.05) is 41.5 Å². The van der Waals surface area contributed by atoms with E-state index >= 15 is 0 Å². The van der Waals surface area contributed by atoms with Crippen LogP contribution in [0.25, 0.3) is 0 Å². The first-order valence-electron chi connectivity index (χ1n) is 18.0. The van der Waals surface area contributed by atoms with Gasteiger partial charge in [0.25, 0.3) is 0 Å². The molecule has 49 heavy (non-hydrogen) atoms. The Morgan fingerprint density at radius 2 is 0.980 bits per heavy atom. The molecule has 1 aliphatic rings. The van der Waals surface area contributed by atoms with Crippen LogP contribution in [0.5, 0.6) is 0 Å². The molecule has 4 N–H and O–H groups in total. The van der Waals surface area contributed by atoms with Gasteiger partial charge in [-0.15, -0.1) is 0 Å². The maximum Gasteiger partial charge on any atom is 0.239 e. The molecule has 0 aromatic heterocycles. The van der Waals surface area contributed by atoms with Crippen LogP contribution in [0.2, 0.25) is 0 Å². The van der Waals surface area contributed by atoms with Gasteiger partial charge in [0.15, 0.2) is 5.78 Å². The Kier molecular flexibility index (Phi) is 42.8. The molecular weight excluding hydrogens is 642 g/mol. The predicted molar refractivity (Wildman–Crippen MR) is 189 cm³/mol. The van der Waals surface area contributed by atoms with E-state index in [4.69, 9.17) is 48.7 Å². The van der Waals surface area contributed by atoms with Crippen molar-refractivity contribution >= 4 is 17.6 Å². The molecule has 1 rings (SSSR count). The Balaban J connectivity index is -0.00000333. The van der Waals surface area contributed by atoms with Crippen LogP contribution in [0, 0.1) is 0 Å². The molecule has 3 unspecified atom stereocenters. The standard InChI is InChI=1S/C28H53N3O12.3C2H6/c1-23(29)28(35)31-22-25(21-26(31)24(2)33)30-27(34)3-5-36-7-9-38-11-13-40-15-17-42-19-20-43-18-16-41-14-12-39-10-8-37-6-4-32;3*1-2/h23,25-26,32H,3-22,29H2,1-2H3,(H,30,34);3*1-2H3. The minimum absolute atomic E-state index is 0.0136. The van der Waals surface area contributed by atoms with Gasteiger partial charge in [0.2, 0.25) is 11.8 Å². The number of aliphatic hydroxyl groups excluding tert-OH is 1. The molecule has 0 saturated carbocycles. The third-order valence-corrected chi connectivity index (χ3v) is 6.12. The van der Waals surface area contributed by atoms with Crippen LogP contribution < -0.4 is 11.1 Å². The number of likely N-dealkylation sites (tertiary alicyclic amines) is 1. The fourth-order valence-corrected chi connectivity index (χ4v) is 4.00. The van der Waals surface area contributed by atoms with Crippen LogP contribution in [-0.4, -0.2) is 165 Å². The summed E-state index contributed by atoms with van der Waals surface area (Å²) in [6.45, 7) is 22.2. The van der Waals surface area contributed by atoms with Gasteiger partial charge in [-0.2, -0.15) is 0 Å². The minimum Gasteiger partial charge on any atom is -0.394 e. The average molecular weight is 714 g/mol. The van der Waals surface area contributed by atoms with Gasteiger partial charge in [0, 0.05) is 19.0 Å². The maximum atomic E-state index is 12.3. The van der Waals surface area contributed by atoms with Crippen molar-refractivity contribution in [1.82, 2.24) is 10.2 Å². The number of amides is 2. The number of nitrogens with two attached hydrogens (primary N) is 1. The van der Waals surface area contributed by atoms with E-state index in [1.165, 1.54) is 11.8 Å². The van der Waals surface area contributed by atoms with Crippen molar-refractivity contribution in [3.8, 4) is 0 Å². The largest absolute Gasteiger partial charge is 0.394 e. The summed E-state index contributed by atoms with van der Waals surface area (Å²) in [5, 5.41) is 11.4. The fourth-order valence-electron chi connectivity index (χ4n) is 4.00. The summed E-state index contributed by atoms with van der Waals surface area (Å²) in [5.74, 6) is -0.614. The van der Waals surface area contributed by atoms with E-state index in [-0.39, 0.29) is 49.8 Å². The second-order valence-corrected chi connectivity index (χ2v) is 9.78. The topological polar surface area (TPSA) is 187 Å². The molecule has 0 radical (unpaired) electrons. The molecule has 294 valence electrons. The highest BCUT2D eigenvalue weighted by Crippen LogP contribution is 2.20. The lowest BCUT2D eigenvalue weighted by molar-refractivity contribution is -0.137. The van der Waals surface area contributed by atoms with Crippen LogP contribution >= 0.6 is 0 Å². The van der Waals surface area contributed by atoms with Gasteiger partial charge in [-0.25, -0.2) is 0 Å². The number of Topliss-reactive ketones (excluding diaryl/α,β-unsaturated/α-hetero) is 1. The molecule has 1 aliphatic heterocycles. The van der Waals surface area contributed by atoms with E-state index in [9.17, 15) is 14.4 Å². The molecule has 3 atom stereocenters. The quantitative estimate of drug-likeness (QED) is 0.0951. The molecule has 0 aromatic carbocycles. The summed E-state index contributed by atoms with van der Waals surface area (Å²) < 4.78 is 43.0. The summed E-state index contributed by atoms with van der Waals surface area (Å²) >= 11 is 0. The molecule has 2 amide bonds. The lowest BCUT2D eigenvalue weighted by Crippen LogP contribution is -2.47. The molecule has 15 nitrogen and oxygen atoms in total. The summed E-state index contributed by atoms with van der Waals surface area (Å²) in [4.78, 5) is 37.9. The van der Waals surface area contributed by atoms with E-state index in [1.54, 1.807) is 6.92 Å². The van der Waals surface area contributed by atoms with Gasteiger partial charge in [0.1, 0.15) is 0 Å². The molecule has 0 aliphatic carbocycles. The summed E-state index contributed by atoms with van der Waals surface area (Å²) in [5.41, 5.74) is 5.68. The van der Waals surface area contributed by atoms with Gasteiger partial charge in [-0.3, -0.25) is 14.4 Å². The molecular formula is C34H71N3O12. The highest BCUT2D eigenvalue weighted by Gasteiger charge is 2.39. The van der Waals surface area contributed by atoms with E-state index in [0.29, 0.717) is 106 Å². The lowest BCUT2D eigenvalue weighted by Gasteiger charge is -2.24. The number of aliphatic hydroxyl groups is 1. The Hall–Kier alpha value is -1.79. The van der Waals surface area contributed by atoms with Gasteiger partial charge in [-0.05, 0) is 20.3 Å². The number of ether oxygens (including phenoxy) is 8. The van der Waals surface area contributed by atoms with E-state index < -0.39 is 12.1 Å². The van der Waals surface area contributed by atoms with Crippen molar-refractivity contribution in [2.24, 2.45) is 5.73 Å². The van der Waals surface area contributed by atoms with E-state index in [1.807, 2.05) is 41.5 Å². The number of hydrogen-bond acceptors (Lipinski definition) is 13. The molecule has 15 heteroatoms. The van der Waals surface area contributed by atoms with Crippen molar-refractivity contribution in [2.45, 2.75) is 86.4 Å². The second-order valence-electron chi connectivity index (χ2n) is 9.78. The normalized spacial score (nSPS) is 15.6.